The lowest BCUT2D eigenvalue weighted by molar-refractivity contribution is 1.02. The van der Waals surface area contributed by atoms with Gasteiger partial charge in [-0.25, -0.2) is 9.98 Å². The van der Waals surface area contributed by atoms with Gasteiger partial charge in [-0.2, -0.15) is 5.10 Å². The van der Waals surface area contributed by atoms with E-state index in [1.165, 1.54) is 18.5 Å². The highest BCUT2D eigenvalue weighted by Crippen LogP contribution is 2.39. The summed E-state index contributed by atoms with van der Waals surface area (Å²) in [4.78, 5) is 9.07. The number of hydrogen-bond acceptors (Lipinski definition) is 3. The van der Waals surface area contributed by atoms with Crippen LogP contribution in [0, 0.1) is 0 Å². The summed E-state index contributed by atoms with van der Waals surface area (Å²) < 4.78 is 0. The molecule has 4 rings (SSSR count). The first-order valence-corrected chi connectivity index (χ1v) is 6.84. The van der Waals surface area contributed by atoms with Crippen LogP contribution >= 0.6 is 0 Å². The van der Waals surface area contributed by atoms with E-state index in [-0.39, 0.29) is 0 Å². The Balaban J connectivity index is 1.68. The molecule has 0 saturated heterocycles. The van der Waals surface area contributed by atoms with Gasteiger partial charge in [-0.05, 0) is 30.5 Å². The molecular weight excluding hydrogens is 248 g/mol. The summed E-state index contributed by atoms with van der Waals surface area (Å²) in [5, 5.41) is 8.19. The maximum absolute atomic E-state index is 4.62. The minimum Gasteiger partial charge on any atom is -0.259 e. The third-order valence-electron chi connectivity index (χ3n) is 3.56. The summed E-state index contributed by atoms with van der Waals surface area (Å²) in [6, 6.07) is 14.2. The molecular formula is C16H14N4. The maximum atomic E-state index is 4.62. The third-order valence-corrected chi connectivity index (χ3v) is 3.56. The SMILES string of the molecule is C(=Nc1n[nH]c2nc(C3CC3)ccc12)c1ccccc1. The van der Waals surface area contributed by atoms with E-state index in [1.54, 1.807) is 0 Å². The molecule has 0 aliphatic heterocycles. The molecule has 20 heavy (non-hydrogen) atoms. The predicted octanol–water partition coefficient (Wildman–Crippen LogP) is 3.59. The van der Waals surface area contributed by atoms with Crippen molar-refractivity contribution >= 4 is 23.1 Å². The first-order chi connectivity index (χ1) is 9.90. The molecule has 98 valence electrons. The highest BCUT2D eigenvalue weighted by atomic mass is 15.2. The summed E-state index contributed by atoms with van der Waals surface area (Å²) in [6.45, 7) is 0. The number of aromatic nitrogens is 3. The molecule has 1 fully saturated rings. The minimum atomic E-state index is 0.652. The summed E-state index contributed by atoms with van der Waals surface area (Å²) in [5.41, 5.74) is 3.06. The number of H-pyrrole nitrogens is 1. The molecule has 0 amide bonds. The predicted molar refractivity (Wildman–Crippen MR) is 79.6 cm³/mol. The summed E-state index contributed by atoms with van der Waals surface area (Å²) in [5.74, 6) is 1.35. The lowest BCUT2D eigenvalue weighted by atomic mass is 10.2. The van der Waals surface area contributed by atoms with Crippen molar-refractivity contribution in [3.05, 3.63) is 53.7 Å². The number of nitrogens with zero attached hydrogens (tertiary/aromatic N) is 3. The van der Waals surface area contributed by atoms with Crippen LogP contribution in [-0.2, 0) is 0 Å². The molecule has 0 atom stereocenters. The van der Waals surface area contributed by atoms with Gasteiger partial charge in [0.1, 0.15) is 0 Å². The normalized spacial score (nSPS) is 15.2. The van der Waals surface area contributed by atoms with Crippen molar-refractivity contribution in [1.82, 2.24) is 15.2 Å². The van der Waals surface area contributed by atoms with Crippen molar-refractivity contribution < 1.29 is 0 Å². The molecule has 0 spiro atoms. The fourth-order valence-corrected chi connectivity index (χ4v) is 2.29. The van der Waals surface area contributed by atoms with Crippen molar-refractivity contribution in [3.8, 4) is 0 Å². The Labute approximate surface area is 116 Å². The molecule has 1 aromatic carbocycles. The second kappa shape index (κ2) is 4.56. The quantitative estimate of drug-likeness (QED) is 0.733. The maximum Gasteiger partial charge on any atom is 0.183 e. The highest BCUT2D eigenvalue weighted by Gasteiger charge is 2.25. The van der Waals surface area contributed by atoms with Gasteiger partial charge in [0, 0.05) is 17.8 Å². The summed E-state index contributed by atoms with van der Waals surface area (Å²) >= 11 is 0. The minimum absolute atomic E-state index is 0.652. The van der Waals surface area contributed by atoms with Crippen LogP contribution in [0.1, 0.15) is 30.0 Å². The molecule has 1 aliphatic rings. The summed E-state index contributed by atoms with van der Waals surface area (Å²) in [7, 11) is 0. The number of hydrogen-bond donors (Lipinski definition) is 1. The molecule has 3 aromatic rings. The molecule has 1 aliphatic carbocycles. The van der Waals surface area contributed by atoms with Crippen molar-refractivity contribution in [2.75, 3.05) is 0 Å². The lowest BCUT2D eigenvalue weighted by Crippen LogP contribution is -1.85. The zero-order valence-corrected chi connectivity index (χ0v) is 11.0. The molecule has 2 aromatic heterocycles. The van der Waals surface area contributed by atoms with Crippen LogP contribution in [-0.4, -0.2) is 21.4 Å². The first-order valence-electron chi connectivity index (χ1n) is 6.84. The van der Waals surface area contributed by atoms with Crippen LogP contribution in [0.25, 0.3) is 11.0 Å². The van der Waals surface area contributed by atoms with Crippen molar-refractivity contribution in [2.45, 2.75) is 18.8 Å². The fraction of sp³-hybridized carbons (Fsp3) is 0.188. The topological polar surface area (TPSA) is 53.9 Å². The van der Waals surface area contributed by atoms with Gasteiger partial charge < -0.3 is 0 Å². The van der Waals surface area contributed by atoms with E-state index in [9.17, 15) is 0 Å². The Morgan fingerprint density at radius 2 is 1.95 bits per heavy atom. The second-order valence-electron chi connectivity index (χ2n) is 5.12. The number of fused-ring (bicyclic) bond motifs is 1. The molecule has 0 radical (unpaired) electrons. The molecule has 4 heteroatoms. The van der Waals surface area contributed by atoms with E-state index in [0.717, 1.165) is 16.6 Å². The number of aromatic amines is 1. The molecule has 0 unspecified atom stereocenters. The first kappa shape index (κ1) is 11.3. The molecule has 4 nitrogen and oxygen atoms in total. The molecule has 0 bridgehead atoms. The van der Waals surface area contributed by atoms with Crippen molar-refractivity contribution in [2.24, 2.45) is 4.99 Å². The monoisotopic (exact) mass is 262 g/mol. The van der Waals surface area contributed by atoms with Gasteiger partial charge in [-0.1, -0.05) is 30.3 Å². The van der Waals surface area contributed by atoms with Crippen LogP contribution in [0.3, 0.4) is 0 Å². The lowest BCUT2D eigenvalue weighted by Gasteiger charge is -1.96. The Hall–Kier alpha value is -2.49. The van der Waals surface area contributed by atoms with E-state index >= 15 is 0 Å². The van der Waals surface area contributed by atoms with Gasteiger partial charge in [0.05, 0.1) is 5.39 Å². The van der Waals surface area contributed by atoms with Crippen molar-refractivity contribution in [3.63, 3.8) is 0 Å². The van der Waals surface area contributed by atoms with Gasteiger partial charge in [0.15, 0.2) is 11.5 Å². The molecule has 2 heterocycles. The average molecular weight is 262 g/mol. The zero-order chi connectivity index (χ0) is 13.4. The van der Waals surface area contributed by atoms with E-state index in [2.05, 4.69) is 32.3 Å². The van der Waals surface area contributed by atoms with Crippen LogP contribution in [0.4, 0.5) is 5.82 Å². The summed E-state index contributed by atoms with van der Waals surface area (Å²) in [6.07, 6.45) is 4.34. The van der Waals surface area contributed by atoms with Gasteiger partial charge in [0.2, 0.25) is 0 Å². The Morgan fingerprint density at radius 3 is 2.75 bits per heavy atom. The van der Waals surface area contributed by atoms with Gasteiger partial charge >= 0.3 is 0 Å². The van der Waals surface area contributed by atoms with E-state index in [0.29, 0.717) is 11.7 Å². The Morgan fingerprint density at radius 1 is 1.10 bits per heavy atom. The number of rotatable bonds is 3. The third kappa shape index (κ3) is 2.09. The Bertz CT molecular complexity index is 770. The van der Waals surface area contributed by atoms with Crippen LogP contribution in [0.5, 0.6) is 0 Å². The van der Waals surface area contributed by atoms with E-state index in [1.807, 2.05) is 36.5 Å². The van der Waals surface area contributed by atoms with Gasteiger partial charge in [-0.3, -0.25) is 5.10 Å². The number of benzene rings is 1. The fourth-order valence-electron chi connectivity index (χ4n) is 2.29. The van der Waals surface area contributed by atoms with Gasteiger partial charge in [0.25, 0.3) is 0 Å². The molecule has 1 saturated carbocycles. The standard InChI is InChI=1S/C16H14N4/c1-2-4-11(5-3-1)10-17-15-13-8-9-14(12-6-7-12)18-16(13)20-19-15/h1-5,8-10,12H,6-7H2,(H,18,19,20). The number of pyridine rings is 1. The smallest absolute Gasteiger partial charge is 0.183 e. The van der Waals surface area contributed by atoms with Crippen LogP contribution in [0.2, 0.25) is 0 Å². The highest BCUT2D eigenvalue weighted by molar-refractivity contribution is 5.90. The number of aliphatic imine (C=N–C) groups is 1. The van der Waals surface area contributed by atoms with E-state index < -0.39 is 0 Å². The average Bonchev–Trinajstić information content (AvgIpc) is 3.27. The van der Waals surface area contributed by atoms with Crippen LogP contribution < -0.4 is 0 Å². The van der Waals surface area contributed by atoms with Crippen molar-refractivity contribution in [1.29, 1.82) is 0 Å². The van der Waals surface area contributed by atoms with Gasteiger partial charge in [-0.15, -0.1) is 0 Å². The largest absolute Gasteiger partial charge is 0.259 e. The second-order valence-corrected chi connectivity index (χ2v) is 5.12. The van der Waals surface area contributed by atoms with E-state index in [4.69, 9.17) is 0 Å². The zero-order valence-electron chi connectivity index (χ0n) is 11.0. The van der Waals surface area contributed by atoms with Crippen LogP contribution in [0.15, 0.2) is 47.5 Å². The Kier molecular flexibility index (Phi) is 2.59. The number of nitrogens with one attached hydrogen (secondary N) is 1. The molecule has 1 N–H and O–H groups in total.